The molecular formula is C16H24N2O3. The summed E-state index contributed by atoms with van der Waals surface area (Å²) in [5.74, 6) is -0.896. The molecular weight excluding hydrogens is 268 g/mol. The Bertz CT molecular complexity index is 488. The molecule has 1 unspecified atom stereocenters. The maximum absolute atomic E-state index is 12.4. The zero-order valence-corrected chi connectivity index (χ0v) is 12.9. The van der Waals surface area contributed by atoms with Gasteiger partial charge in [-0.05, 0) is 31.9 Å². The minimum absolute atomic E-state index is 0.0507. The number of carboxylic acid groups (broad SMARTS) is 1. The van der Waals surface area contributed by atoms with E-state index in [0.717, 1.165) is 17.7 Å². The van der Waals surface area contributed by atoms with E-state index in [9.17, 15) is 9.59 Å². The molecule has 21 heavy (non-hydrogen) atoms. The number of hydrogen-bond donors (Lipinski definition) is 2. The van der Waals surface area contributed by atoms with Gasteiger partial charge in [0.05, 0.1) is 6.42 Å². The predicted molar refractivity (Wildman–Crippen MR) is 83.7 cm³/mol. The van der Waals surface area contributed by atoms with Crippen LogP contribution in [0.3, 0.4) is 0 Å². The van der Waals surface area contributed by atoms with Gasteiger partial charge in [0, 0.05) is 18.3 Å². The molecule has 0 radical (unpaired) electrons. The van der Waals surface area contributed by atoms with Gasteiger partial charge in [0.1, 0.15) is 0 Å². The first-order valence-corrected chi connectivity index (χ1v) is 7.35. The number of amides is 2. The second kappa shape index (κ2) is 8.29. The lowest BCUT2D eigenvalue weighted by atomic mass is 10.1. The molecule has 2 N–H and O–H groups in total. The van der Waals surface area contributed by atoms with Gasteiger partial charge < -0.3 is 10.4 Å². The summed E-state index contributed by atoms with van der Waals surface area (Å²) in [5.41, 5.74) is 1.86. The first-order valence-electron chi connectivity index (χ1n) is 7.35. The lowest BCUT2D eigenvalue weighted by molar-refractivity contribution is -0.137. The second-order valence-corrected chi connectivity index (χ2v) is 5.06. The van der Waals surface area contributed by atoms with Crippen molar-refractivity contribution in [3.8, 4) is 0 Å². The van der Waals surface area contributed by atoms with Crippen molar-refractivity contribution in [2.75, 3.05) is 11.4 Å². The zero-order valence-electron chi connectivity index (χ0n) is 12.9. The number of urea groups is 1. The van der Waals surface area contributed by atoms with Crippen molar-refractivity contribution in [1.29, 1.82) is 0 Å². The van der Waals surface area contributed by atoms with Crippen molar-refractivity contribution in [2.45, 2.75) is 46.1 Å². The number of carboxylic acids is 1. The lowest BCUT2D eigenvalue weighted by Crippen LogP contribution is -2.46. The molecule has 2 amide bonds. The zero-order chi connectivity index (χ0) is 15.8. The number of aryl methyl sites for hydroxylation is 1. The Hall–Kier alpha value is -2.04. The van der Waals surface area contributed by atoms with E-state index in [1.54, 1.807) is 4.90 Å². The number of nitrogens with one attached hydrogen (secondary N) is 1. The fourth-order valence-corrected chi connectivity index (χ4v) is 2.33. The van der Waals surface area contributed by atoms with E-state index in [1.807, 2.05) is 45.0 Å². The number of carbonyl (C=O) groups is 2. The predicted octanol–water partition coefficient (Wildman–Crippen LogP) is 3.17. The summed E-state index contributed by atoms with van der Waals surface area (Å²) in [6.07, 6.45) is 1.43. The van der Waals surface area contributed by atoms with Crippen molar-refractivity contribution in [2.24, 2.45) is 0 Å². The molecule has 0 fully saturated rings. The summed E-state index contributed by atoms with van der Waals surface area (Å²) in [6, 6.07) is 7.08. The van der Waals surface area contributed by atoms with E-state index >= 15 is 0 Å². The first-order chi connectivity index (χ1) is 9.99. The Morgan fingerprint density at radius 2 is 1.95 bits per heavy atom. The Balaban J connectivity index is 2.83. The molecule has 1 aromatic carbocycles. The van der Waals surface area contributed by atoms with Crippen molar-refractivity contribution in [3.63, 3.8) is 0 Å². The summed E-state index contributed by atoms with van der Waals surface area (Å²) < 4.78 is 0. The number of benzene rings is 1. The summed E-state index contributed by atoms with van der Waals surface area (Å²) in [5, 5.41) is 11.7. The molecule has 1 atom stereocenters. The molecule has 5 nitrogen and oxygen atoms in total. The number of para-hydroxylation sites is 1. The number of anilines is 1. The fraction of sp³-hybridized carbons (Fsp3) is 0.500. The highest BCUT2D eigenvalue weighted by atomic mass is 16.4. The van der Waals surface area contributed by atoms with Gasteiger partial charge in [-0.25, -0.2) is 4.79 Å². The topological polar surface area (TPSA) is 69.6 Å². The van der Waals surface area contributed by atoms with Crippen LogP contribution in [0, 0.1) is 6.92 Å². The molecule has 0 heterocycles. The van der Waals surface area contributed by atoms with Gasteiger partial charge >= 0.3 is 12.0 Å². The second-order valence-electron chi connectivity index (χ2n) is 5.06. The van der Waals surface area contributed by atoms with Crippen molar-refractivity contribution >= 4 is 17.7 Å². The van der Waals surface area contributed by atoms with E-state index in [4.69, 9.17) is 5.11 Å². The lowest BCUT2D eigenvalue weighted by Gasteiger charge is -2.26. The molecule has 0 saturated carbocycles. The maximum atomic E-state index is 12.4. The van der Waals surface area contributed by atoms with E-state index in [0.29, 0.717) is 13.0 Å². The van der Waals surface area contributed by atoms with E-state index in [2.05, 4.69) is 5.32 Å². The third-order valence-corrected chi connectivity index (χ3v) is 3.35. The van der Waals surface area contributed by atoms with Gasteiger partial charge in [-0.15, -0.1) is 0 Å². The van der Waals surface area contributed by atoms with Crippen LogP contribution in [0.4, 0.5) is 10.5 Å². The molecule has 0 aromatic heterocycles. The Labute approximate surface area is 126 Å². The summed E-state index contributed by atoms with van der Waals surface area (Å²) in [7, 11) is 0. The van der Waals surface area contributed by atoms with E-state index < -0.39 is 5.97 Å². The Morgan fingerprint density at radius 3 is 2.48 bits per heavy atom. The van der Waals surface area contributed by atoms with Crippen LogP contribution in [0.15, 0.2) is 24.3 Å². The van der Waals surface area contributed by atoms with Gasteiger partial charge in [-0.3, -0.25) is 9.69 Å². The molecule has 0 aliphatic rings. The summed E-state index contributed by atoms with van der Waals surface area (Å²) in [6.45, 7) is 6.35. The van der Waals surface area contributed by atoms with Crippen LogP contribution >= 0.6 is 0 Å². The standard InChI is InChI=1S/C16H24N2O3/c1-4-8-13(11-15(19)20)17-16(21)18(5-2)14-10-7-6-9-12(14)3/h6-7,9-10,13H,4-5,8,11H2,1-3H3,(H,17,21)(H,19,20). The van der Waals surface area contributed by atoms with Gasteiger partial charge in [0.15, 0.2) is 0 Å². The fourth-order valence-electron chi connectivity index (χ4n) is 2.33. The van der Waals surface area contributed by atoms with Gasteiger partial charge in [0.2, 0.25) is 0 Å². The number of rotatable bonds is 7. The molecule has 0 aliphatic heterocycles. The minimum Gasteiger partial charge on any atom is -0.481 e. The number of carbonyl (C=O) groups excluding carboxylic acids is 1. The molecule has 1 aromatic rings. The number of aliphatic carboxylic acids is 1. The number of nitrogens with zero attached hydrogens (tertiary/aromatic N) is 1. The minimum atomic E-state index is -0.896. The van der Waals surface area contributed by atoms with Crippen molar-refractivity contribution < 1.29 is 14.7 Å². The molecule has 0 spiro atoms. The summed E-state index contributed by atoms with van der Waals surface area (Å²) >= 11 is 0. The average Bonchev–Trinajstić information content (AvgIpc) is 2.41. The third kappa shape index (κ3) is 5.10. The highest BCUT2D eigenvalue weighted by Gasteiger charge is 2.20. The highest BCUT2D eigenvalue weighted by Crippen LogP contribution is 2.19. The Kier molecular flexibility index (Phi) is 6.72. The smallest absolute Gasteiger partial charge is 0.322 e. The monoisotopic (exact) mass is 292 g/mol. The molecule has 0 saturated heterocycles. The van der Waals surface area contributed by atoms with Crippen LogP contribution in [0.5, 0.6) is 0 Å². The van der Waals surface area contributed by atoms with E-state index in [1.165, 1.54) is 0 Å². The molecule has 0 bridgehead atoms. The molecule has 0 aliphatic carbocycles. The largest absolute Gasteiger partial charge is 0.481 e. The van der Waals surface area contributed by atoms with Crippen LogP contribution in [0.25, 0.3) is 0 Å². The molecule has 5 heteroatoms. The quantitative estimate of drug-likeness (QED) is 0.811. The van der Waals surface area contributed by atoms with Crippen LogP contribution in [0.1, 0.15) is 38.7 Å². The van der Waals surface area contributed by atoms with Crippen LogP contribution in [-0.2, 0) is 4.79 Å². The van der Waals surface area contributed by atoms with Crippen LogP contribution < -0.4 is 10.2 Å². The summed E-state index contributed by atoms with van der Waals surface area (Å²) in [4.78, 5) is 24.9. The van der Waals surface area contributed by atoms with Gasteiger partial charge in [0.25, 0.3) is 0 Å². The SMILES string of the molecule is CCCC(CC(=O)O)NC(=O)N(CC)c1ccccc1C. The van der Waals surface area contributed by atoms with Crippen molar-refractivity contribution in [1.82, 2.24) is 5.32 Å². The van der Waals surface area contributed by atoms with Gasteiger partial charge in [-0.2, -0.15) is 0 Å². The van der Waals surface area contributed by atoms with Gasteiger partial charge in [-0.1, -0.05) is 31.5 Å². The van der Waals surface area contributed by atoms with Crippen LogP contribution in [-0.4, -0.2) is 29.7 Å². The Morgan fingerprint density at radius 1 is 1.29 bits per heavy atom. The first kappa shape index (κ1) is 17.0. The van der Waals surface area contributed by atoms with Crippen molar-refractivity contribution in [3.05, 3.63) is 29.8 Å². The molecule has 1 rings (SSSR count). The molecule has 116 valence electrons. The maximum Gasteiger partial charge on any atom is 0.322 e. The van der Waals surface area contributed by atoms with Crippen LogP contribution in [0.2, 0.25) is 0 Å². The van der Waals surface area contributed by atoms with E-state index in [-0.39, 0.29) is 18.5 Å². The average molecular weight is 292 g/mol. The number of hydrogen-bond acceptors (Lipinski definition) is 2. The normalized spacial score (nSPS) is 11.8. The third-order valence-electron chi connectivity index (χ3n) is 3.35. The highest BCUT2D eigenvalue weighted by molar-refractivity contribution is 5.93.